The van der Waals surface area contributed by atoms with E-state index in [4.69, 9.17) is 0 Å². The molecule has 6 nitrogen and oxygen atoms in total. The summed E-state index contributed by atoms with van der Waals surface area (Å²) in [6, 6.07) is 12.9. The Morgan fingerprint density at radius 1 is 1.11 bits per heavy atom. The van der Waals surface area contributed by atoms with Gasteiger partial charge in [-0.05, 0) is 48.6 Å². The number of nitrogens with zero attached hydrogens (tertiary/aromatic N) is 2. The van der Waals surface area contributed by atoms with Crippen LogP contribution in [0.15, 0.2) is 54.9 Å². The quantitative estimate of drug-likeness (QED) is 0.749. The van der Waals surface area contributed by atoms with Gasteiger partial charge in [0, 0.05) is 31.0 Å². The Kier molecular flexibility index (Phi) is 4.87. The largest absolute Gasteiger partial charge is 0.360 e. The van der Waals surface area contributed by atoms with E-state index >= 15 is 0 Å². The lowest BCUT2D eigenvalue weighted by atomic mass is 9.90. The first kappa shape index (κ1) is 17.3. The van der Waals surface area contributed by atoms with Gasteiger partial charge in [-0.3, -0.25) is 14.6 Å². The molecule has 0 atom stereocenters. The number of rotatable bonds is 4. The molecule has 2 amide bonds. The monoisotopic (exact) mass is 362 g/mol. The van der Waals surface area contributed by atoms with Crippen molar-refractivity contribution in [2.75, 3.05) is 19.6 Å². The third-order valence-corrected chi connectivity index (χ3v) is 5.19. The molecular weight excluding hydrogens is 340 g/mol. The van der Waals surface area contributed by atoms with E-state index in [1.165, 1.54) is 5.56 Å². The first-order valence-corrected chi connectivity index (χ1v) is 9.25. The van der Waals surface area contributed by atoms with Gasteiger partial charge in [0.15, 0.2) is 0 Å². The predicted molar refractivity (Wildman–Crippen MR) is 103 cm³/mol. The molecule has 3 aromatic rings. The Morgan fingerprint density at radius 2 is 1.89 bits per heavy atom. The van der Waals surface area contributed by atoms with Crippen LogP contribution in [0.1, 0.15) is 34.7 Å². The summed E-state index contributed by atoms with van der Waals surface area (Å²) in [6.45, 7) is 1.43. The van der Waals surface area contributed by atoms with Crippen molar-refractivity contribution in [1.82, 2.24) is 20.2 Å². The molecule has 1 aromatic carbocycles. The zero-order chi connectivity index (χ0) is 18.6. The van der Waals surface area contributed by atoms with Gasteiger partial charge in [-0.25, -0.2) is 0 Å². The van der Waals surface area contributed by atoms with Gasteiger partial charge in [-0.1, -0.05) is 18.2 Å². The summed E-state index contributed by atoms with van der Waals surface area (Å²) in [4.78, 5) is 34.1. The first-order valence-electron chi connectivity index (χ1n) is 9.25. The van der Waals surface area contributed by atoms with E-state index in [0.29, 0.717) is 24.6 Å². The van der Waals surface area contributed by atoms with Crippen LogP contribution >= 0.6 is 0 Å². The molecular formula is C21H22N4O2. The second-order valence-corrected chi connectivity index (χ2v) is 6.85. The third kappa shape index (κ3) is 3.69. The third-order valence-electron chi connectivity index (χ3n) is 5.19. The summed E-state index contributed by atoms with van der Waals surface area (Å²) in [5.41, 5.74) is 3.87. The Labute approximate surface area is 157 Å². The fraction of sp³-hybridized carbons (Fsp3) is 0.286. The number of carbonyl (C=O) groups is 2. The van der Waals surface area contributed by atoms with Gasteiger partial charge in [0.2, 0.25) is 5.91 Å². The fourth-order valence-electron chi connectivity index (χ4n) is 3.69. The number of benzene rings is 1. The maximum atomic E-state index is 12.4. The van der Waals surface area contributed by atoms with Gasteiger partial charge < -0.3 is 15.2 Å². The summed E-state index contributed by atoms with van der Waals surface area (Å²) in [5.74, 6) is 0.148. The lowest BCUT2D eigenvalue weighted by Gasteiger charge is -2.32. The van der Waals surface area contributed by atoms with E-state index in [2.05, 4.69) is 15.3 Å². The minimum absolute atomic E-state index is 0.0326. The highest BCUT2D eigenvalue weighted by Gasteiger charge is 2.25. The Bertz CT molecular complexity index is 943. The van der Waals surface area contributed by atoms with Gasteiger partial charge in [-0.2, -0.15) is 0 Å². The van der Waals surface area contributed by atoms with Crippen molar-refractivity contribution in [3.63, 3.8) is 0 Å². The standard InChI is InChI=1S/C21H22N4O2/c26-19(14-24-21(27)16-5-2-1-3-6-16)25-11-8-15(9-12-25)17-13-23-18-7-4-10-22-20(17)18/h1-7,10,13,15,23H,8-9,11-12,14H2,(H,24,27). The molecule has 0 radical (unpaired) electrons. The maximum absolute atomic E-state index is 12.4. The number of H-pyrrole nitrogens is 1. The molecule has 138 valence electrons. The highest BCUT2D eigenvalue weighted by atomic mass is 16.2. The number of hydrogen-bond donors (Lipinski definition) is 2. The molecule has 6 heteroatoms. The van der Waals surface area contributed by atoms with Crippen LogP contribution in [0.25, 0.3) is 11.0 Å². The number of nitrogens with one attached hydrogen (secondary N) is 2. The van der Waals surface area contributed by atoms with Crippen molar-refractivity contribution in [2.24, 2.45) is 0 Å². The highest BCUT2D eigenvalue weighted by molar-refractivity contribution is 5.96. The Balaban J connectivity index is 1.31. The molecule has 1 fully saturated rings. The van der Waals surface area contributed by atoms with Crippen molar-refractivity contribution in [3.8, 4) is 0 Å². The molecule has 0 spiro atoms. The number of pyridine rings is 1. The second kappa shape index (κ2) is 7.61. The zero-order valence-corrected chi connectivity index (χ0v) is 15.0. The molecule has 2 N–H and O–H groups in total. The van der Waals surface area contributed by atoms with Gasteiger partial charge in [-0.15, -0.1) is 0 Å². The maximum Gasteiger partial charge on any atom is 0.251 e. The summed E-state index contributed by atoms with van der Waals surface area (Å²) < 4.78 is 0. The van der Waals surface area contributed by atoms with Gasteiger partial charge in [0.1, 0.15) is 0 Å². The number of amides is 2. The number of carbonyl (C=O) groups excluding carboxylic acids is 2. The van der Waals surface area contributed by atoms with Crippen LogP contribution in [0, 0.1) is 0 Å². The molecule has 0 unspecified atom stereocenters. The van der Waals surface area contributed by atoms with E-state index < -0.39 is 0 Å². The Morgan fingerprint density at radius 3 is 2.67 bits per heavy atom. The van der Waals surface area contributed by atoms with Crippen LogP contribution in [-0.4, -0.2) is 46.3 Å². The van der Waals surface area contributed by atoms with Crippen LogP contribution in [0.4, 0.5) is 0 Å². The van der Waals surface area contributed by atoms with Crippen molar-refractivity contribution in [2.45, 2.75) is 18.8 Å². The van der Waals surface area contributed by atoms with E-state index in [1.54, 1.807) is 24.3 Å². The molecule has 1 aliphatic heterocycles. The van der Waals surface area contributed by atoms with E-state index in [9.17, 15) is 9.59 Å². The van der Waals surface area contributed by atoms with Crippen molar-refractivity contribution < 1.29 is 9.59 Å². The SMILES string of the molecule is O=C(NCC(=O)N1CCC(c2c[nH]c3cccnc23)CC1)c1ccccc1. The normalized spacial score (nSPS) is 15.0. The van der Waals surface area contributed by atoms with Crippen LogP contribution in [-0.2, 0) is 4.79 Å². The Hall–Kier alpha value is -3.15. The molecule has 27 heavy (non-hydrogen) atoms. The van der Waals surface area contributed by atoms with E-state index in [-0.39, 0.29) is 18.4 Å². The minimum Gasteiger partial charge on any atom is -0.360 e. The van der Waals surface area contributed by atoms with Crippen molar-refractivity contribution in [3.05, 3.63) is 66.0 Å². The lowest BCUT2D eigenvalue weighted by Crippen LogP contribution is -2.43. The number of hydrogen-bond acceptors (Lipinski definition) is 3. The molecule has 0 bridgehead atoms. The van der Waals surface area contributed by atoms with E-state index in [0.717, 1.165) is 23.9 Å². The predicted octanol–water partition coefficient (Wildman–Crippen LogP) is 2.70. The summed E-state index contributed by atoms with van der Waals surface area (Å²) in [5, 5.41) is 2.71. The molecule has 3 heterocycles. The number of likely N-dealkylation sites (tertiary alicyclic amines) is 1. The molecule has 4 rings (SSSR count). The first-order chi connectivity index (χ1) is 13.2. The smallest absolute Gasteiger partial charge is 0.251 e. The van der Waals surface area contributed by atoms with Gasteiger partial charge >= 0.3 is 0 Å². The van der Waals surface area contributed by atoms with E-state index in [1.807, 2.05) is 35.5 Å². The van der Waals surface area contributed by atoms with Crippen molar-refractivity contribution >= 4 is 22.8 Å². The molecule has 2 aromatic heterocycles. The van der Waals surface area contributed by atoms with Crippen LogP contribution < -0.4 is 5.32 Å². The topological polar surface area (TPSA) is 78.1 Å². The fourth-order valence-corrected chi connectivity index (χ4v) is 3.69. The number of aromatic amines is 1. The number of aromatic nitrogens is 2. The van der Waals surface area contributed by atoms with Crippen LogP contribution in [0.3, 0.4) is 0 Å². The average Bonchev–Trinajstić information content (AvgIpc) is 3.16. The minimum atomic E-state index is -0.219. The summed E-state index contributed by atoms with van der Waals surface area (Å²) in [6.07, 6.45) is 5.66. The summed E-state index contributed by atoms with van der Waals surface area (Å²) >= 11 is 0. The summed E-state index contributed by atoms with van der Waals surface area (Å²) in [7, 11) is 0. The zero-order valence-electron chi connectivity index (χ0n) is 15.0. The second-order valence-electron chi connectivity index (χ2n) is 6.85. The molecule has 1 saturated heterocycles. The van der Waals surface area contributed by atoms with Gasteiger partial charge in [0.05, 0.1) is 17.6 Å². The lowest BCUT2D eigenvalue weighted by molar-refractivity contribution is -0.131. The van der Waals surface area contributed by atoms with Crippen LogP contribution in [0.2, 0.25) is 0 Å². The van der Waals surface area contributed by atoms with Gasteiger partial charge in [0.25, 0.3) is 5.91 Å². The van der Waals surface area contributed by atoms with Crippen LogP contribution in [0.5, 0.6) is 0 Å². The number of fused-ring (bicyclic) bond motifs is 1. The number of piperidine rings is 1. The average molecular weight is 362 g/mol. The molecule has 0 aliphatic carbocycles. The molecule has 1 aliphatic rings. The molecule has 0 saturated carbocycles. The van der Waals surface area contributed by atoms with Crippen molar-refractivity contribution in [1.29, 1.82) is 0 Å². The highest BCUT2D eigenvalue weighted by Crippen LogP contribution is 2.32.